The predicted octanol–water partition coefficient (Wildman–Crippen LogP) is 1.21. The van der Waals surface area contributed by atoms with Crippen molar-refractivity contribution in [1.82, 2.24) is 14.9 Å². The fourth-order valence-electron chi connectivity index (χ4n) is 2.51. The molecule has 0 aliphatic heterocycles. The van der Waals surface area contributed by atoms with Crippen molar-refractivity contribution in [2.75, 3.05) is 12.1 Å². The van der Waals surface area contributed by atoms with Gasteiger partial charge in [0.05, 0.1) is 31.0 Å². The largest absolute Gasteiger partial charge is 0.493 e. The van der Waals surface area contributed by atoms with Gasteiger partial charge in [0.2, 0.25) is 0 Å². The summed E-state index contributed by atoms with van der Waals surface area (Å²) in [6, 6.07) is 13.9. The monoisotopic (exact) mass is 400 g/mol. The summed E-state index contributed by atoms with van der Waals surface area (Å²) in [6.07, 6.45) is 3.07. The summed E-state index contributed by atoms with van der Waals surface area (Å²) in [5, 5.41) is 23.4. The molecular weight excluding hydrogens is 384 g/mol. The zero-order valence-electron chi connectivity index (χ0n) is 14.8. The first-order valence-corrected chi connectivity index (χ1v) is 9.38. The highest BCUT2D eigenvalue weighted by Gasteiger charge is 2.15. The van der Waals surface area contributed by atoms with E-state index >= 15 is 0 Å². The van der Waals surface area contributed by atoms with Crippen molar-refractivity contribution in [3.63, 3.8) is 0 Å². The first kappa shape index (κ1) is 19.2. The van der Waals surface area contributed by atoms with Crippen LogP contribution in [0.25, 0.3) is 0 Å². The molecule has 1 aromatic heterocycles. The normalized spacial score (nSPS) is 10.9. The molecule has 3 aromatic rings. The van der Waals surface area contributed by atoms with E-state index in [0.717, 1.165) is 11.3 Å². The molecule has 0 spiro atoms. The number of nitriles is 1. The molecule has 0 atom stereocenters. The summed E-state index contributed by atoms with van der Waals surface area (Å²) in [7, 11) is -2.77. The highest BCUT2D eigenvalue weighted by atomic mass is 32.2. The van der Waals surface area contributed by atoms with Crippen LogP contribution in [0.3, 0.4) is 0 Å². The molecule has 0 amide bonds. The Kier molecular flexibility index (Phi) is 5.44. The Hall–Kier alpha value is -3.62. The van der Waals surface area contributed by atoms with Gasteiger partial charge in [-0.25, -0.2) is 4.68 Å². The van der Waals surface area contributed by atoms with Crippen molar-refractivity contribution < 1.29 is 17.3 Å². The van der Waals surface area contributed by atoms with Crippen molar-refractivity contribution in [1.29, 1.82) is 5.26 Å². The van der Waals surface area contributed by atoms with Crippen LogP contribution in [-0.2, 0) is 16.8 Å². The number of hydrogen-bond acceptors (Lipinski definition) is 8. The van der Waals surface area contributed by atoms with E-state index in [2.05, 4.69) is 16.3 Å². The lowest BCUT2D eigenvalue weighted by atomic mass is 10.1. The highest BCUT2D eigenvalue weighted by Crippen LogP contribution is 2.30. The SMILES string of the molecule is COc1cc(CN(c2ccc(C#N)cc2)n2cnnc2)ccc1OS(N)(=O)=O. The van der Waals surface area contributed by atoms with Gasteiger partial charge in [-0.05, 0) is 42.0 Å². The maximum atomic E-state index is 11.2. The number of rotatable bonds is 7. The quantitative estimate of drug-likeness (QED) is 0.625. The van der Waals surface area contributed by atoms with E-state index in [-0.39, 0.29) is 11.5 Å². The summed E-state index contributed by atoms with van der Waals surface area (Å²) in [6.45, 7) is 0.371. The number of nitrogens with two attached hydrogens (primary N) is 1. The zero-order chi connectivity index (χ0) is 20.1. The minimum Gasteiger partial charge on any atom is -0.493 e. The van der Waals surface area contributed by atoms with Crippen LogP contribution in [-0.4, -0.2) is 30.4 Å². The number of aromatic nitrogens is 3. The molecule has 2 N–H and O–H groups in total. The van der Waals surface area contributed by atoms with E-state index in [1.165, 1.54) is 25.8 Å². The third-order valence-electron chi connectivity index (χ3n) is 3.75. The van der Waals surface area contributed by atoms with Crippen molar-refractivity contribution in [2.24, 2.45) is 5.14 Å². The topological polar surface area (TPSA) is 136 Å². The van der Waals surface area contributed by atoms with Gasteiger partial charge in [-0.1, -0.05) is 6.07 Å². The van der Waals surface area contributed by atoms with Gasteiger partial charge in [-0.15, -0.1) is 10.2 Å². The Morgan fingerprint density at radius 3 is 2.39 bits per heavy atom. The molecule has 0 aliphatic carbocycles. The smallest absolute Gasteiger partial charge is 0.380 e. The van der Waals surface area contributed by atoms with Crippen molar-refractivity contribution in [2.45, 2.75) is 6.54 Å². The molecule has 1 heterocycles. The molecule has 0 saturated heterocycles. The molecule has 3 rings (SSSR count). The van der Waals surface area contributed by atoms with Crippen molar-refractivity contribution in [3.05, 3.63) is 66.2 Å². The van der Waals surface area contributed by atoms with E-state index in [1.54, 1.807) is 41.1 Å². The van der Waals surface area contributed by atoms with Crippen LogP contribution in [0.1, 0.15) is 11.1 Å². The Bertz CT molecular complexity index is 1090. The Morgan fingerprint density at radius 1 is 1.14 bits per heavy atom. The number of nitrogens with zero attached hydrogens (tertiary/aromatic N) is 5. The Balaban J connectivity index is 1.93. The lowest BCUT2D eigenvalue weighted by Gasteiger charge is -2.25. The van der Waals surface area contributed by atoms with E-state index in [0.29, 0.717) is 12.1 Å². The second-order valence-corrected chi connectivity index (χ2v) is 6.77. The maximum absolute atomic E-state index is 11.2. The molecule has 0 unspecified atom stereocenters. The molecule has 28 heavy (non-hydrogen) atoms. The maximum Gasteiger partial charge on any atom is 0.380 e. The molecule has 0 radical (unpaired) electrons. The highest BCUT2D eigenvalue weighted by molar-refractivity contribution is 7.84. The third kappa shape index (κ3) is 4.56. The molecule has 144 valence electrons. The van der Waals surface area contributed by atoms with Crippen molar-refractivity contribution >= 4 is 16.0 Å². The molecule has 0 aliphatic rings. The van der Waals surface area contributed by atoms with E-state index < -0.39 is 10.3 Å². The summed E-state index contributed by atoms with van der Waals surface area (Å²) >= 11 is 0. The van der Waals surface area contributed by atoms with Gasteiger partial charge in [0.25, 0.3) is 0 Å². The van der Waals surface area contributed by atoms with Crippen LogP contribution in [0.5, 0.6) is 11.5 Å². The van der Waals surface area contributed by atoms with Gasteiger partial charge >= 0.3 is 10.3 Å². The molecule has 0 fully saturated rings. The third-order valence-corrected chi connectivity index (χ3v) is 4.16. The Morgan fingerprint density at radius 2 is 1.82 bits per heavy atom. The van der Waals surface area contributed by atoms with Crippen LogP contribution in [0.2, 0.25) is 0 Å². The van der Waals surface area contributed by atoms with Crippen LogP contribution >= 0.6 is 0 Å². The summed E-state index contributed by atoms with van der Waals surface area (Å²) in [4.78, 5) is 0. The number of ether oxygens (including phenoxy) is 1. The summed E-state index contributed by atoms with van der Waals surface area (Å²) in [5.41, 5.74) is 2.12. The van der Waals surface area contributed by atoms with Crippen LogP contribution < -0.4 is 19.1 Å². The summed E-state index contributed by atoms with van der Waals surface area (Å²) in [5.74, 6) is 0.207. The van der Waals surface area contributed by atoms with Gasteiger partial charge < -0.3 is 8.92 Å². The number of methoxy groups -OCH3 is 1. The lowest BCUT2D eigenvalue weighted by Crippen LogP contribution is -2.27. The van der Waals surface area contributed by atoms with Gasteiger partial charge in [-0.3, -0.25) is 5.01 Å². The second-order valence-electron chi connectivity index (χ2n) is 5.62. The number of anilines is 1. The molecule has 10 nitrogen and oxygen atoms in total. The zero-order valence-corrected chi connectivity index (χ0v) is 15.6. The molecular formula is C17H16N6O4S. The standard InChI is InChI=1S/C17H16N6O4S/c1-26-17-8-14(4-7-16(17)27-28(19,24)25)10-23(22-11-20-21-12-22)15-5-2-13(9-18)3-6-15/h2-8,11-12H,10H2,1H3,(H2,19,24,25). The average molecular weight is 400 g/mol. The number of benzene rings is 2. The van der Waals surface area contributed by atoms with Crippen LogP contribution in [0.15, 0.2) is 55.1 Å². The fraction of sp³-hybridized carbons (Fsp3) is 0.118. The lowest BCUT2D eigenvalue weighted by molar-refractivity contribution is 0.390. The minimum absolute atomic E-state index is 0.0111. The van der Waals surface area contributed by atoms with Gasteiger partial charge in [-0.2, -0.15) is 18.8 Å². The molecule has 0 bridgehead atoms. The van der Waals surface area contributed by atoms with Gasteiger partial charge in [0.15, 0.2) is 11.5 Å². The predicted molar refractivity (Wildman–Crippen MR) is 99.5 cm³/mol. The van der Waals surface area contributed by atoms with E-state index in [4.69, 9.17) is 19.3 Å². The Labute approximate surface area is 161 Å². The van der Waals surface area contributed by atoms with Crippen LogP contribution in [0, 0.1) is 11.3 Å². The first-order valence-electron chi connectivity index (χ1n) is 7.91. The average Bonchev–Trinajstić information content (AvgIpc) is 3.20. The van der Waals surface area contributed by atoms with Crippen LogP contribution in [0.4, 0.5) is 5.69 Å². The number of hydrogen-bond donors (Lipinski definition) is 1. The van der Waals surface area contributed by atoms with E-state index in [1.807, 2.05) is 5.01 Å². The van der Waals surface area contributed by atoms with Crippen molar-refractivity contribution in [3.8, 4) is 17.6 Å². The molecule has 2 aromatic carbocycles. The molecule has 0 saturated carbocycles. The fourth-order valence-corrected chi connectivity index (χ4v) is 2.90. The first-order chi connectivity index (χ1) is 13.4. The molecule has 11 heteroatoms. The minimum atomic E-state index is -4.17. The second kappa shape index (κ2) is 7.95. The van der Waals surface area contributed by atoms with E-state index in [9.17, 15) is 8.42 Å². The van der Waals surface area contributed by atoms with Gasteiger partial charge in [0, 0.05) is 0 Å². The summed E-state index contributed by atoms with van der Waals surface area (Å²) < 4.78 is 34.0. The van der Waals surface area contributed by atoms with Gasteiger partial charge in [0.1, 0.15) is 12.7 Å².